The monoisotopic (exact) mass is 388 g/mol. The van der Waals surface area contributed by atoms with Gasteiger partial charge >= 0.3 is 5.56 Å². The van der Waals surface area contributed by atoms with Gasteiger partial charge in [0.2, 0.25) is 11.6 Å². The van der Waals surface area contributed by atoms with Crippen LogP contribution in [0.25, 0.3) is 5.69 Å². The smallest absolute Gasteiger partial charge is 0.303 e. The number of hydrogen-bond acceptors (Lipinski definition) is 7. The molecule has 1 aromatic heterocycles. The molecule has 0 aliphatic heterocycles. The summed E-state index contributed by atoms with van der Waals surface area (Å²) in [6.07, 6.45) is 0. The largest absolute Gasteiger partial charge is 0.408 e. The van der Waals surface area contributed by atoms with Gasteiger partial charge < -0.3 is 4.74 Å². The highest BCUT2D eigenvalue weighted by molar-refractivity contribution is 7.85. The van der Waals surface area contributed by atoms with E-state index in [1.165, 1.54) is 12.1 Å². The molecular weight excluding hydrogens is 376 g/mol. The van der Waals surface area contributed by atoms with Crippen LogP contribution in [0.4, 0.5) is 11.4 Å². The molecule has 27 heavy (non-hydrogen) atoms. The predicted molar refractivity (Wildman–Crippen MR) is 93.5 cm³/mol. The van der Waals surface area contributed by atoms with Crippen LogP contribution in [-0.2, 0) is 14.9 Å². The third-order valence-corrected chi connectivity index (χ3v) is 4.28. The van der Waals surface area contributed by atoms with Gasteiger partial charge in [-0.2, -0.15) is 13.5 Å². The Hall–Kier alpha value is -3.57. The molecule has 0 saturated heterocycles. The number of nitrogens with zero attached hydrogens (tertiary/aromatic N) is 3. The number of ether oxygens (including phenoxy) is 1. The van der Waals surface area contributed by atoms with E-state index in [4.69, 9.17) is 9.29 Å². The van der Waals surface area contributed by atoms with Crippen LogP contribution in [0.2, 0.25) is 0 Å². The SMILES string of the molecule is O=COc1[nH]n(-c2ccc(S(=O)(=O)O)cc2)c(=O)c1N=Nc1ccccc1. The maximum absolute atomic E-state index is 12.6. The van der Waals surface area contributed by atoms with Gasteiger partial charge in [0.15, 0.2) is 0 Å². The van der Waals surface area contributed by atoms with Crippen molar-refractivity contribution < 1.29 is 22.5 Å². The highest BCUT2D eigenvalue weighted by Gasteiger charge is 2.18. The van der Waals surface area contributed by atoms with Gasteiger partial charge in [-0.25, -0.2) is 4.68 Å². The van der Waals surface area contributed by atoms with E-state index < -0.39 is 15.7 Å². The molecule has 1 heterocycles. The normalized spacial score (nSPS) is 11.6. The summed E-state index contributed by atoms with van der Waals surface area (Å²) in [5.41, 5.74) is -0.209. The standard InChI is InChI=1S/C16H12N4O6S/c21-10-26-15-14(18-17-11-4-2-1-3-5-11)16(22)20(19-15)12-6-8-13(9-7-12)27(23,24)25/h1-10,19H,(H,23,24,25). The molecule has 2 aromatic carbocycles. The second-order valence-electron chi connectivity index (χ2n) is 5.15. The van der Waals surface area contributed by atoms with Gasteiger partial charge in [0.25, 0.3) is 16.6 Å². The van der Waals surface area contributed by atoms with Gasteiger partial charge in [0, 0.05) is 0 Å². The van der Waals surface area contributed by atoms with Crippen LogP contribution in [0.1, 0.15) is 0 Å². The molecule has 0 saturated carbocycles. The summed E-state index contributed by atoms with van der Waals surface area (Å²) in [4.78, 5) is 22.9. The molecule has 0 atom stereocenters. The maximum Gasteiger partial charge on any atom is 0.303 e. The van der Waals surface area contributed by atoms with Crippen LogP contribution >= 0.6 is 0 Å². The first-order valence-electron chi connectivity index (χ1n) is 7.40. The van der Waals surface area contributed by atoms with E-state index in [-0.39, 0.29) is 28.6 Å². The van der Waals surface area contributed by atoms with Crippen LogP contribution in [0, 0.1) is 0 Å². The molecule has 0 amide bonds. The molecule has 0 bridgehead atoms. The summed E-state index contributed by atoms with van der Waals surface area (Å²) in [6, 6.07) is 13.4. The second kappa shape index (κ2) is 7.35. The molecule has 138 valence electrons. The molecule has 3 aromatic rings. The van der Waals surface area contributed by atoms with Crippen molar-refractivity contribution >= 4 is 28.0 Å². The van der Waals surface area contributed by atoms with Gasteiger partial charge in [-0.15, -0.1) is 5.11 Å². The van der Waals surface area contributed by atoms with E-state index in [9.17, 15) is 18.0 Å². The predicted octanol–water partition coefficient (Wildman–Crippen LogP) is 2.36. The second-order valence-corrected chi connectivity index (χ2v) is 6.57. The number of hydrogen-bond donors (Lipinski definition) is 2. The molecule has 2 N–H and O–H groups in total. The lowest BCUT2D eigenvalue weighted by atomic mass is 10.3. The Balaban J connectivity index is 2.04. The van der Waals surface area contributed by atoms with Gasteiger partial charge in [-0.3, -0.25) is 19.2 Å². The molecule has 11 heteroatoms. The average molecular weight is 388 g/mol. The zero-order valence-electron chi connectivity index (χ0n) is 13.5. The van der Waals surface area contributed by atoms with Crippen molar-refractivity contribution in [3.05, 3.63) is 65.0 Å². The van der Waals surface area contributed by atoms with Crippen LogP contribution in [-0.4, -0.2) is 29.2 Å². The summed E-state index contributed by atoms with van der Waals surface area (Å²) >= 11 is 0. The molecule has 0 radical (unpaired) electrons. The molecule has 10 nitrogen and oxygen atoms in total. The Labute approximate surface area is 152 Å². The van der Waals surface area contributed by atoms with E-state index in [2.05, 4.69) is 15.3 Å². The molecule has 0 aliphatic rings. The fourth-order valence-electron chi connectivity index (χ4n) is 2.18. The summed E-state index contributed by atoms with van der Waals surface area (Å²) in [5, 5.41) is 10.3. The average Bonchev–Trinajstić information content (AvgIpc) is 2.96. The summed E-state index contributed by atoms with van der Waals surface area (Å²) in [6.45, 7) is 0.124. The number of nitrogens with one attached hydrogen (secondary N) is 1. The zero-order chi connectivity index (χ0) is 19.4. The topological polar surface area (TPSA) is 143 Å². The summed E-state index contributed by atoms with van der Waals surface area (Å²) < 4.78 is 37.0. The van der Waals surface area contributed by atoms with Gasteiger partial charge in [0.1, 0.15) is 0 Å². The van der Waals surface area contributed by atoms with Crippen molar-refractivity contribution in [1.82, 2.24) is 9.78 Å². The molecule has 0 unspecified atom stereocenters. The molecule has 0 fully saturated rings. The summed E-state index contributed by atoms with van der Waals surface area (Å²) in [7, 11) is -4.36. The maximum atomic E-state index is 12.6. The minimum atomic E-state index is -4.36. The Morgan fingerprint density at radius 3 is 2.30 bits per heavy atom. The number of rotatable bonds is 6. The molecule has 0 spiro atoms. The third kappa shape index (κ3) is 3.99. The van der Waals surface area contributed by atoms with E-state index in [0.29, 0.717) is 5.69 Å². The van der Waals surface area contributed by atoms with Crippen molar-refractivity contribution in [1.29, 1.82) is 0 Å². The van der Waals surface area contributed by atoms with Crippen molar-refractivity contribution in [2.24, 2.45) is 10.2 Å². The van der Waals surface area contributed by atoms with Crippen LogP contribution < -0.4 is 10.3 Å². The fourth-order valence-corrected chi connectivity index (χ4v) is 2.66. The molecule has 0 aliphatic carbocycles. The Morgan fingerprint density at radius 1 is 1.04 bits per heavy atom. The number of H-pyrrole nitrogens is 1. The lowest BCUT2D eigenvalue weighted by Gasteiger charge is -2.02. The van der Waals surface area contributed by atoms with E-state index >= 15 is 0 Å². The van der Waals surface area contributed by atoms with Crippen molar-refractivity contribution in [2.75, 3.05) is 0 Å². The number of carbonyl (C=O) groups is 1. The number of carbonyl (C=O) groups excluding carboxylic acids is 1. The van der Waals surface area contributed by atoms with Crippen molar-refractivity contribution in [2.45, 2.75) is 4.90 Å². The Morgan fingerprint density at radius 2 is 1.70 bits per heavy atom. The third-order valence-electron chi connectivity index (χ3n) is 3.41. The number of azo groups is 1. The lowest BCUT2D eigenvalue weighted by molar-refractivity contribution is -0.120. The Kier molecular flexibility index (Phi) is 4.96. The van der Waals surface area contributed by atoms with E-state index in [1.54, 1.807) is 30.3 Å². The zero-order valence-corrected chi connectivity index (χ0v) is 14.3. The minimum absolute atomic E-state index is 0.124. The van der Waals surface area contributed by atoms with Gasteiger partial charge in [-0.05, 0) is 36.4 Å². The van der Waals surface area contributed by atoms with Crippen molar-refractivity contribution in [3.63, 3.8) is 0 Å². The fraction of sp³-hybridized carbons (Fsp3) is 0. The number of benzene rings is 2. The first-order valence-corrected chi connectivity index (χ1v) is 8.84. The first-order chi connectivity index (χ1) is 12.9. The van der Waals surface area contributed by atoms with Crippen LogP contribution in [0.15, 0.2) is 74.5 Å². The number of aromatic nitrogens is 2. The highest BCUT2D eigenvalue weighted by Crippen LogP contribution is 2.25. The quantitative estimate of drug-likeness (QED) is 0.377. The molecular formula is C16H12N4O6S. The highest BCUT2D eigenvalue weighted by atomic mass is 32.2. The molecule has 3 rings (SSSR count). The first kappa shape index (κ1) is 18.2. The van der Waals surface area contributed by atoms with Crippen LogP contribution in [0.3, 0.4) is 0 Å². The van der Waals surface area contributed by atoms with Crippen molar-refractivity contribution in [3.8, 4) is 11.6 Å². The lowest BCUT2D eigenvalue weighted by Crippen LogP contribution is -2.14. The Bertz CT molecular complexity index is 1150. The van der Waals surface area contributed by atoms with E-state index in [1.807, 2.05) is 0 Å². The van der Waals surface area contributed by atoms with Gasteiger partial charge in [0.05, 0.1) is 16.3 Å². The number of aromatic amines is 1. The van der Waals surface area contributed by atoms with Crippen LogP contribution in [0.5, 0.6) is 5.88 Å². The summed E-state index contributed by atoms with van der Waals surface area (Å²) in [5.74, 6) is -0.228. The minimum Gasteiger partial charge on any atom is -0.408 e. The van der Waals surface area contributed by atoms with Gasteiger partial charge in [-0.1, -0.05) is 18.2 Å². The van der Waals surface area contributed by atoms with E-state index in [0.717, 1.165) is 16.8 Å².